The lowest BCUT2D eigenvalue weighted by molar-refractivity contribution is 0.0451. The van der Waals surface area contributed by atoms with Crippen molar-refractivity contribution >= 4 is 0 Å². The maximum Gasteiger partial charge on any atom is 0.0760 e. The molecule has 0 radical (unpaired) electrons. The normalized spacial score (nSPS) is 15.9. The first-order valence-corrected chi connectivity index (χ1v) is 4.21. The Bertz CT molecular complexity index is 104. The van der Waals surface area contributed by atoms with Gasteiger partial charge in [-0.25, -0.2) is 0 Å². The molecule has 0 aliphatic heterocycles. The molecule has 0 bridgehead atoms. The predicted molar refractivity (Wildman–Crippen MR) is 48.7 cm³/mol. The third-order valence-electron chi connectivity index (χ3n) is 1.77. The highest BCUT2D eigenvalue weighted by Crippen LogP contribution is 2.04. The minimum Gasteiger partial charge on any atom is -0.377 e. The van der Waals surface area contributed by atoms with Crippen LogP contribution in [-0.2, 0) is 4.74 Å². The smallest absolute Gasteiger partial charge is 0.0760 e. The molecule has 0 fully saturated rings. The second-order valence-electron chi connectivity index (χ2n) is 2.45. The molecular formula is C9H19NO. The number of ether oxygens (including phenoxy) is 1. The van der Waals surface area contributed by atoms with Gasteiger partial charge in [0.05, 0.1) is 12.1 Å². The molecule has 0 aromatic carbocycles. The van der Waals surface area contributed by atoms with Crippen LogP contribution in [0.4, 0.5) is 0 Å². The molecular weight excluding hydrogens is 138 g/mol. The van der Waals surface area contributed by atoms with Crippen molar-refractivity contribution in [3.05, 3.63) is 12.7 Å². The summed E-state index contributed by atoms with van der Waals surface area (Å²) in [6, 6.07) is 0.278. The molecule has 0 aromatic rings. The van der Waals surface area contributed by atoms with Gasteiger partial charge in [-0.05, 0) is 20.4 Å². The summed E-state index contributed by atoms with van der Waals surface area (Å²) in [5.41, 5.74) is 0. The van der Waals surface area contributed by atoms with Crippen LogP contribution < -0.4 is 5.32 Å². The van der Waals surface area contributed by atoms with E-state index in [-0.39, 0.29) is 12.1 Å². The van der Waals surface area contributed by atoms with Gasteiger partial charge in [-0.1, -0.05) is 13.0 Å². The van der Waals surface area contributed by atoms with Gasteiger partial charge in [-0.2, -0.15) is 0 Å². The summed E-state index contributed by atoms with van der Waals surface area (Å²) in [7, 11) is 1.92. The van der Waals surface area contributed by atoms with Crippen LogP contribution in [0, 0.1) is 0 Å². The molecule has 2 nitrogen and oxygen atoms in total. The molecule has 2 heteroatoms. The first kappa shape index (κ1) is 10.7. The van der Waals surface area contributed by atoms with E-state index in [1.807, 2.05) is 20.0 Å². The number of nitrogens with one attached hydrogen (secondary N) is 1. The summed E-state index contributed by atoms with van der Waals surface area (Å²) in [6.07, 6.45) is 3.18. The predicted octanol–water partition coefficient (Wildman–Crippen LogP) is 1.58. The Morgan fingerprint density at radius 3 is 2.45 bits per heavy atom. The van der Waals surface area contributed by atoms with Crippen molar-refractivity contribution in [1.82, 2.24) is 5.32 Å². The van der Waals surface area contributed by atoms with Crippen LogP contribution >= 0.6 is 0 Å². The standard InChI is InChI=1S/C9H19NO/c1-5-8(10-4)9(6-2)11-7-3/h5,8-10H,1,6-7H2,2-4H3. The first-order chi connectivity index (χ1) is 5.29. The molecule has 0 aliphatic rings. The highest BCUT2D eigenvalue weighted by atomic mass is 16.5. The SMILES string of the molecule is C=CC(NC)C(CC)OCC. The van der Waals surface area contributed by atoms with E-state index in [2.05, 4.69) is 18.8 Å². The van der Waals surface area contributed by atoms with E-state index in [1.54, 1.807) is 0 Å². The van der Waals surface area contributed by atoms with Gasteiger partial charge in [0.2, 0.25) is 0 Å². The van der Waals surface area contributed by atoms with E-state index < -0.39 is 0 Å². The Kier molecular flexibility index (Phi) is 6.18. The quantitative estimate of drug-likeness (QED) is 0.591. The second kappa shape index (κ2) is 6.38. The summed E-state index contributed by atoms with van der Waals surface area (Å²) in [6.45, 7) is 8.64. The van der Waals surface area contributed by atoms with Crippen molar-refractivity contribution in [1.29, 1.82) is 0 Å². The molecule has 1 N–H and O–H groups in total. The van der Waals surface area contributed by atoms with Gasteiger partial charge in [-0.15, -0.1) is 6.58 Å². The van der Waals surface area contributed by atoms with Gasteiger partial charge in [-0.3, -0.25) is 0 Å². The van der Waals surface area contributed by atoms with Crippen molar-refractivity contribution in [2.75, 3.05) is 13.7 Å². The summed E-state index contributed by atoms with van der Waals surface area (Å²) in [5.74, 6) is 0. The lowest BCUT2D eigenvalue weighted by atomic mass is 10.1. The van der Waals surface area contributed by atoms with Gasteiger partial charge in [0.1, 0.15) is 0 Å². The van der Waals surface area contributed by atoms with Crippen LogP contribution in [0.3, 0.4) is 0 Å². The largest absolute Gasteiger partial charge is 0.377 e. The molecule has 66 valence electrons. The third kappa shape index (κ3) is 3.54. The van der Waals surface area contributed by atoms with E-state index in [0.29, 0.717) is 0 Å². The molecule has 0 aromatic heterocycles. The zero-order valence-corrected chi connectivity index (χ0v) is 7.76. The molecule has 0 saturated carbocycles. The van der Waals surface area contributed by atoms with Crippen LogP contribution in [-0.4, -0.2) is 25.8 Å². The fourth-order valence-corrected chi connectivity index (χ4v) is 1.15. The molecule has 0 heterocycles. The lowest BCUT2D eigenvalue weighted by Gasteiger charge is -2.22. The number of hydrogen-bond acceptors (Lipinski definition) is 2. The van der Waals surface area contributed by atoms with E-state index in [0.717, 1.165) is 13.0 Å². The summed E-state index contributed by atoms with van der Waals surface area (Å²) >= 11 is 0. The van der Waals surface area contributed by atoms with E-state index in [1.165, 1.54) is 0 Å². The third-order valence-corrected chi connectivity index (χ3v) is 1.77. The molecule has 11 heavy (non-hydrogen) atoms. The Morgan fingerprint density at radius 1 is 1.55 bits per heavy atom. The maximum atomic E-state index is 5.50. The molecule has 2 unspecified atom stereocenters. The Morgan fingerprint density at radius 2 is 2.18 bits per heavy atom. The molecule has 0 aliphatic carbocycles. The van der Waals surface area contributed by atoms with Crippen LogP contribution in [0.1, 0.15) is 20.3 Å². The summed E-state index contributed by atoms with van der Waals surface area (Å²) in [5, 5.41) is 3.14. The van der Waals surface area contributed by atoms with Crippen molar-refractivity contribution in [3.63, 3.8) is 0 Å². The minimum atomic E-state index is 0.266. The van der Waals surface area contributed by atoms with E-state index in [4.69, 9.17) is 4.74 Å². The van der Waals surface area contributed by atoms with Gasteiger partial charge < -0.3 is 10.1 Å². The van der Waals surface area contributed by atoms with Crippen LogP contribution in [0.2, 0.25) is 0 Å². The number of likely N-dealkylation sites (N-methyl/N-ethyl adjacent to an activating group) is 1. The van der Waals surface area contributed by atoms with Crippen LogP contribution in [0.25, 0.3) is 0 Å². The minimum absolute atomic E-state index is 0.266. The monoisotopic (exact) mass is 157 g/mol. The second-order valence-corrected chi connectivity index (χ2v) is 2.45. The molecule has 0 spiro atoms. The average Bonchev–Trinajstić information content (AvgIpc) is 2.05. The van der Waals surface area contributed by atoms with Crippen LogP contribution in [0.5, 0.6) is 0 Å². The maximum absolute atomic E-state index is 5.50. The Hall–Kier alpha value is -0.340. The lowest BCUT2D eigenvalue weighted by Crippen LogP contribution is -2.37. The van der Waals surface area contributed by atoms with Crippen molar-refractivity contribution in [2.24, 2.45) is 0 Å². The summed E-state index contributed by atoms with van der Waals surface area (Å²) < 4.78 is 5.50. The zero-order chi connectivity index (χ0) is 8.69. The average molecular weight is 157 g/mol. The van der Waals surface area contributed by atoms with E-state index in [9.17, 15) is 0 Å². The summed E-state index contributed by atoms with van der Waals surface area (Å²) in [4.78, 5) is 0. The number of hydrogen-bond donors (Lipinski definition) is 1. The van der Waals surface area contributed by atoms with Crippen molar-refractivity contribution < 1.29 is 4.74 Å². The topological polar surface area (TPSA) is 21.3 Å². The Labute approximate surface area is 69.6 Å². The first-order valence-electron chi connectivity index (χ1n) is 4.21. The van der Waals surface area contributed by atoms with Gasteiger partial charge in [0, 0.05) is 6.61 Å². The molecule has 0 rings (SSSR count). The van der Waals surface area contributed by atoms with Crippen molar-refractivity contribution in [2.45, 2.75) is 32.4 Å². The number of rotatable bonds is 6. The van der Waals surface area contributed by atoms with Gasteiger partial charge in [0.25, 0.3) is 0 Å². The van der Waals surface area contributed by atoms with E-state index >= 15 is 0 Å². The molecule has 2 atom stereocenters. The highest BCUT2D eigenvalue weighted by Gasteiger charge is 2.13. The van der Waals surface area contributed by atoms with Crippen molar-refractivity contribution in [3.8, 4) is 0 Å². The van der Waals surface area contributed by atoms with Gasteiger partial charge in [0.15, 0.2) is 0 Å². The fraction of sp³-hybridized carbons (Fsp3) is 0.778. The van der Waals surface area contributed by atoms with Crippen LogP contribution in [0.15, 0.2) is 12.7 Å². The molecule has 0 amide bonds. The highest BCUT2D eigenvalue weighted by molar-refractivity contribution is 4.90. The molecule has 0 saturated heterocycles. The van der Waals surface area contributed by atoms with Gasteiger partial charge >= 0.3 is 0 Å². The Balaban J connectivity index is 3.86. The fourth-order valence-electron chi connectivity index (χ4n) is 1.15. The zero-order valence-electron chi connectivity index (χ0n) is 7.76.